The number of nitrogens with one attached hydrogen (secondary N) is 1. The molecule has 1 aliphatic rings. The molecule has 90 valence electrons. The molecular weight excluding hydrogens is 198 g/mol. The third-order valence-electron chi connectivity index (χ3n) is 3.68. The molecule has 0 bridgehead atoms. The van der Waals surface area contributed by atoms with Crippen LogP contribution in [0.25, 0.3) is 0 Å². The zero-order valence-corrected chi connectivity index (χ0v) is 10.4. The predicted octanol–water partition coefficient (Wildman–Crippen LogP) is 2.54. The van der Waals surface area contributed by atoms with E-state index in [1.807, 2.05) is 6.20 Å². The van der Waals surface area contributed by atoms with E-state index in [9.17, 15) is 0 Å². The zero-order valence-electron chi connectivity index (χ0n) is 10.4. The highest BCUT2D eigenvalue weighted by atomic mass is 15.1. The molecule has 2 atom stereocenters. The van der Waals surface area contributed by atoms with Crippen LogP contribution in [-0.2, 0) is 6.42 Å². The molecule has 1 aliphatic carbocycles. The number of aryl methyl sites for hydroxylation is 1. The molecule has 0 radical (unpaired) electrons. The van der Waals surface area contributed by atoms with Crippen LogP contribution in [0.1, 0.15) is 50.9 Å². The molecule has 1 aromatic rings. The standard InChI is InChI=1S/C13H23N3/c1-3-6-13-15-9-10-16(13)12-8-5-4-7-11(12)14-2/h9-12,14H,3-8H2,1-2H3. The molecule has 3 heteroatoms. The first-order valence-electron chi connectivity index (χ1n) is 6.55. The quantitative estimate of drug-likeness (QED) is 0.846. The molecule has 0 aliphatic heterocycles. The summed E-state index contributed by atoms with van der Waals surface area (Å²) in [7, 11) is 2.08. The van der Waals surface area contributed by atoms with Crippen molar-refractivity contribution in [2.45, 2.75) is 57.5 Å². The first-order chi connectivity index (χ1) is 7.86. The Kier molecular flexibility index (Phi) is 3.99. The van der Waals surface area contributed by atoms with Crippen LogP contribution in [0.15, 0.2) is 12.4 Å². The first kappa shape index (κ1) is 11.6. The van der Waals surface area contributed by atoms with E-state index in [1.165, 1.54) is 37.9 Å². The summed E-state index contributed by atoms with van der Waals surface area (Å²) in [4.78, 5) is 4.49. The maximum absolute atomic E-state index is 4.49. The van der Waals surface area contributed by atoms with Gasteiger partial charge in [-0.1, -0.05) is 19.8 Å². The monoisotopic (exact) mass is 221 g/mol. The van der Waals surface area contributed by atoms with Gasteiger partial charge in [-0.25, -0.2) is 4.98 Å². The minimum absolute atomic E-state index is 0.614. The molecule has 0 amide bonds. The Morgan fingerprint density at radius 2 is 2.25 bits per heavy atom. The Morgan fingerprint density at radius 1 is 1.44 bits per heavy atom. The molecule has 1 saturated carbocycles. The van der Waals surface area contributed by atoms with Crippen LogP contribution >= 0.6 is 0 Å². The van der Waals surface area contributed by atoms with E-state index in [2.05, 4.69) is 35.0 Å². The lowest BCUT2D eigenvalue weighted by molar-refractivity contribution is 0.269. The zero-order chi connectivity index (χ0) is 11.4. The molecule has 1 aromatic heterocycles. The fourth-order valence-corrected chi connectivity index (χ4v) is 2.84. The van der Waals surface area contributed by atoms with E-state index in [4.69, 9.17) is 0 Å². The molecular formula is C13H23N3. The van der Waals surface area contributed by atoms with Gasteiger partial charge < -0.3 is 9.88 Å². The lowest BCUT2D eigenvalue weighted by Gasteiger charge is -2.33. The normalized spacial score (nSPS) is 25.9. The minimum atomic E-state index is 0.614. The van der Waals surface area contributed by atoms with E-state index >= 15 is 0 Å². The molecule has 1 heterocycles. The maximum Gasteiger partial charge on any atom is 0.108 e. The second-order valence-electron chi connectivity index (χ2n) is 4.75. The maximum atomic E-state index is 4.49. The number of hydrogen-bond acceptors (Lipinski definition) is 2. The summed E-state index contributed by atoms with van der Waals surface area (Å²) in [5.41, 5.74) is 0. The Morgan fingerprint density at radius 3 is 3.00 bits per heavy atom. The van der Waals surface area contributed by atoms with Crippen molar-refractivity contribution in [2.75, 3.05) is 7.05 Å². The summed E-state index contributed by atoms with van der Waals surface area (Å²) >= 11 is 0. The average Bonchev–Trinajstić information content (AvgIpc) is 2.77. The third-order valence-corrected chi connectivity index (χ3v) is 3.68. The molecule has 16 heavy (non-hydrogen) atoms. The van der Waals surface area contributed by atoms with Crippen molar-refractivity contribution in [1.82, 2.24) is 14.9 Å². The van der Waals surface area contributed by atoms with Crippen molar-refractivity contribution in [3.05, 3.63) is 18.2 Å². The first-order valence-corrected chi connectivity index (χ1v) is 6.55. The van der Waals surface area contributed by atoms with Gasteiger partial charge in [-0.3, -0.25) is 0 Å². The van der Waals surface area contributed by atoms with Gasteiger partial charge in [0, 0.05) is 24.9 Å². The van der Waals surface area contributed by atoms with Gasteiger partial charge in [0.15, 0.2) is 0 Å². The Balaban J connectivity index is 2.16. The molecule has 3 nitrogen and oxygen atoms in total. The number of imidazole rings is 1. The number of nitrogens with zero attached hydrogens (tertiary/aromatic N) is 2. The fraction of sp³-hybridized carbons (Fsp3) is 0.769. The van der Waals surface area contributed by atoms with Crippen molar-refractivity contribution in [3.8, 4) is 0 Å². The molecule has 0 spiro atoms. The lowest BCUT2D eigenvalue weighted by atomic mass is 9.90. The second-order valence-corrected chi connectivity index (χ2v) is 4.75. The van der Waals surface area contributed by atoms with Crippen molar-refractivity contribution in [1.29, 1.82) is 0 Å². The molecule has 0 saturated heterocycles. The largest absolute Gasteiger partial charge is 0.330 e. The highest BCUT2D eigenvalue weighted by Gasteiger charge is 2.26. The van der Waals surface area contributed by atoms with E-state index < -0.39 is 0 Å². The smallest absolute Gasteiger partial charge is 0.108 e. The van der Waals surface area contributed by atoms with E-state index in [1.54, 1.807) is 0 Å². The SMILES string of the molecule is CCCc1nccn1C1CCCCC1NC. The van der Waals surface area contributed by atoms with Crippen molar-refractivity contribution >= 4 is 0 Å². The number of hydrogen-bond donors (Lipinski definition) is 1. The van der Waals surface area contributed by atoms with Crippen LogP contribution in [0.4, 0.5) is 0 Å². The van der Waals surface area contributed by atoms with E-state index in [0.717, 1.165) is 6.42 Å². The molecule has 2 unspecified atom stereocenters. The van der Waals surface area contributed by atoms with Gasteiger partial charge in [-0.2, -0.15) is 0 Å². The van der Waals surface area contributed by atoms with Crippen LogP contribution in [0.5, 0.6) is 0 Å². The van der Waals surface area contributed by atoms with Gasteiger partial charge in [-0.15, -0.1) is 0 Å². The average molecular weight is 221 g/mol. The van der Waals surface area contributed by atoms with Gasteiger partial charge >= 0.3 is 0 Å². The molecule has 1 N–H and O–H groups in total. The van der Waals surface area contributed by atoms with E-state index in [0.29, 0.717) is 12.1 Å². The predicted molar refractivity (Wildman–Crippen MR) is 66.6 cm³/mol. The van der Waals surface area contributed by atoms with Gasteiger partial charge in [-0.05, 0) is 26.3 Å². The number of aromatic nitrogens is 2. The Hall–Kier alpha value is -0.830. The van der Waals surface area contributed by atoms with Crippen molar-refractivity contribution < 1.29 is 0 Å². The van der Waals surface area contributed by atoms with Crippen LogP contribution in [-0.4, -0.2) is 22.6 Å². The topological polar surface area (TPSA) is 29.9 Å². The van der Waals surface area contributed by atoms with Gasteiger partial charge in [0.1, 0.15) is 5.82 Å². The van der Waals surface area contributed by atoms with Crippen LogP contribution in [0.2, 0.25) is 0 Å². The second kappa shape index (κ2) is 5.48. The lowest BCUT2D eigenvalue weighted by Crippen LogP contribution is -2.38. The van der Waals surface area contributed by atoms with Crippen molar-refractivity contribution in [2.24, 2.45) is 0 Å². The van der Waals surface area contributed by atoms with Crippen LogP contribution in [0, 0.1) is 0 Å². The molecule has 1 fully saturated rings. The van der Waals surface area contributed by atoms with Crippen LogP contribution in [0.3, 0.4) is 0 Å². The minimum Gasteiger partial charge on any atom is -0.330 e. The highest BCUT2D eigenvalue weighted by Crippen LogP contribution is 2.29. The van der Waals surface area contributed by atoms with Crippen molar-refractivity contribution in [3.63, 3.8) is 0 Å². The number of likely N-dealkylation sites (N-methyl/N-ethyl adjacent to an activating group) is 1. The Labute approximate surface area is 98.3 Å². The Bertz CT molecular complexity index is 319. The summed E-state index contributed by atoms with van der Waals surface area (Å²) in [5, 5.41) is 3.46. The summed E-state index contributed by atoms with van der Waals surface area (Å²) in [6, 6.07) is 1.24. The van der Waals surface area contributed by atoms with E-state index in [-0.39, 0.29) is 0 Å². The third kappa shape index (κ3) is 2.29. The molecule has 2 rings (SSSR count). The fourth-order valence-electron chi connectivity index (χ4n) is 2.84. The van der Waals surface area contributed by atoms with Gasteiger partial charge in [0.25, 0.3) is 0 Å². The van der Waals surface area contributed by atoms with Crippen LogP contribution < -0.4 is 5.32 Å². The summed E-state index contributed by atoms with van der Waals surface area (Å²) in [6.07, 6.45) is 11.7. The number of rotatable bonds is 4. The summed E-state index contributed by atoms with van der Waals surface area (Å²) in [6.45, 7) is 2.22. The van der Waals surface area contributed by atoms with Gasteiger partial charge in [0.2, 0.25) is 0 Å². The summed E-state index contributed by atoms with van der Waals surface area (Å²) < 4.78 is 2.41. The summed E-state index contributed by atoms with van der Waals surface area (Å²) in [5.74, 6) is 1.26. The van der Waals surface area contributed by atoms with Gasteiger partial charge in [0.05, 0.1) is 6.04 Å². The highest BCUT2D eigenvalue weighted by molar-refractivity contribution is 4.99. The molecule has 0 aromatic carbocycles.